The molecule has 1 heterocycles. The van der Waals surface area contributed by atoms with Crippen molar-refractivity contribution in [3.05, 3.63) is 0 Å². The predicted molar refractivity (Wildman–Crippen MR) is 39.6 cm³/mol. The molecule has 0 bridgehead atoms. The standard InChI is InChI=1S/C7H11NO4/c1-4(9)12-5-2-3-8-6(5)7(10)11/h5-6,8H,2-3H2,1H3,(H,10,11)/t5?,6-/m0/s1. The van der Waals surface area contributed by atoms with Crippen molar-refractivity contribution in [2.45, 2.75) is 25.5 Å². The summed E-state index contributed by atoms with van der Waals surface area (Å²) in [6.07, 6.45) is 0.0521. The Morgan fingerprint density at radius 2 is 2.25 bits per heavy atom. The van der Waals surface area contributed by atoms with E-state index in [1.807, 2.05) is 0 Å². The summed E-state index contributed by atoms with van der Waals surface area (Å²) in [6, 6.07) is -0.742. The molecule has 5 nitrogen and oxygen atoms in total. The molecule has 0 aromatic rings. The van der Waals surface area contributed by atoms with E-state index in [9.17, 15) is 9.59 Å². The highest BCUT2D eigenvalue weighted by atomic mass is 16.5. The summed E-state index contributed by atoms with van der Waals surface area (Å²) >= 11 is 0. The Balaban J connectivity index is 2.52. The second-order valence-electron chi connectivity index (χ2n) is 2.71. The van der Waals surface area contributed by atoms with Crippen molar-refractivity contribution < 1.29 is 19.4 Å². The first-order valence-corrected chi connectivity index (χ1v) is 3.74. The number of nitrogens with one attached hydrogen (secondary N) is 1. The SMILES string of the molecule is CC(=O)OC1CCN[C@@H]1C(=O)O. The average molecular weight is 173 g/mol. The molecule has 0 radical (unpaired) electrons. The van der Waals surface area contributed by atoms with E-state index < -0.39 is 24.1 Å². The van der Waals surface area contributed by atoms with E-state index in [4.69, 9.17) is 9.84 Å². The van der Waals surface area contributed by atoms with Gasteiger partial charge in [-0.15, -0.1) is 0 Å². The van der Waals surface area contributed by atoms with Crippen molar-refractivity contribution >= 4 is 11.9 Å². The van der Waals surface area contributed by atoms with Crippen LogP contribution in [0.4, 0.5) is 0 Å². The van der Waals surface area contributed by atoms with Gasteiger partial charge in [0.25, 0.3) is 0 Å². The molecule has 1 aliphatic heterocycles. The molecule has 2 N–H and O–H groups in total. The Morgan fingerprint density at radius 3 is 2.75 bits per heavy atom. The molecule has 1 unspecified atom stereocenters. The number of carbonyl (C=O) groups is 2. The van der Waals surface area contributed by atoms with E-state index in [2.05, 4.69) is 5.32 Å². The fourth-order valence-electron chi connectivity index (χ4n) is 1.27. The third kappa shape index (κ3) is 1.94. The van der Waals surface area contributed by atoms with Crippen LogP contribution >= 0.6 is 0 Å². The number of hydrogen-bond donors (Lipinski definition) is 2. The van der Waals surface area contributed by atoms with Gasteiger partial charge >= 0.3 is 11.9 Å². The van der Waals surface area contributed by atoms with Gasteiger partial charge in [-0.05, 0) is 13.0 Å². The number of ether oxygens (including phenoxy) is 1. The Bertz CT molecular complexity index is 204. The summed E-state index contributed by atoms with van der Waals surface area (Å²) in [5.41, 5.74) is 0. The molecule has 1 rings (SSSR count). The molecule has 0 aromatic carbocycles. The molecule has 0 amide bonds. The van der Waals surface area contributed by atoms with Crippen LogP contribution in [-0.4, -0.2) is 35.7 Å². The van der Waals surface area contributed by atoms with Crippen LogP contribution in [-0.2, 0) is 14.3 Å². The number of hydrogen-bond acceptors (Lipinski definition) is 4. The summed E-state index contributed by atoms with van der Waals surface area (Å²) in [5, 5.41) is 11.4. The number of rotatable bonds is 2. The van der Waals surface area contributed by atoms with Crippen molar-refractivity contribution in [3.8, 4) is 0 Å². The van der Waals surface area contributed by atoms with Crippen molar-refractivity contribution in [1.82, 2.24) is 5.32 Å². The minimum absolute atomic E-state index is 0.435. The third-order valence-electron chi connectivity index (χ3n) is 1.75. The highest BCUT2D eigenvalue weighted by Gasteiger charge is 2.34. The Hall–Kier alpha value is -1.10. The molecule has 1 saturated heterocycles. The van der Waals surface area contributed by atoms with Crippen LogP contribution < -0.4 is 5.32 Å². The van der Waals surface area contributed by atoms with Gasteiger partial charge in [-0.3, -0.25) is 9.59 Å². The largest absolute Gasteiger partial charge is 0.480 e. The van der Waals surface area contributed by atoms with Crippen molar-refractivity contribution in [3.63, 3.8) is 0 Å². The first-order valence-electron chi connectivity index (χ1n) is 3.74. The summed E-state index contributed by atoms with van der Waals surface area (Å²) < 4.78 is 4.80. The van der Waals surface area contributed by atoms with E-state index in [1.54, 1.807) is 0 Å². The van der Waals surface area contributed by atoms with Gasteiger partial charge in [-0.1, -0.05) is 0 Å². The second-order valence-corrected chi connectivity index (χ2v) is 2.71. The van der Waals surface area contributed by atoms with Gasteiger partial charge in [0.15, 0.2) is 0 Å². The lowest BCUT2D eigenvalue weighted by Gasteiger charge is -2.14. The van der Waals surface area contributed by atoms with E-state index in [-0.39, 0.29) is 0 Å². The molecule has 0 spiro atoms. The molecule has 1 fully saturated rings. The van der Waals surface area contributed by atoms with Gasteiger partial charge in [-0.2, -0.15) is 0 Å². The zero-order chi connectivity index (χ0) is 9.14. The lowest BCUT2D eigenvalue weighted by atomic mass is 10.2. The van der Waals surface area contributed by atoms with E-state index >= 15 is 0 Å². The van der Waals surface area contributed by atoms with E-state index in [0.717, 1.165) is 0 Å². The average Bonchev–Trinajstić information content (AvgIpc) is 2.33. The lowest BCUT2D eigenvalue weighted by Crippen LogP contribution is -2.40. The van der Waals surface area contributed by atoms with E-state index in [1.165, 1.54) is 6.92 Å². The van der Waals surface area contributed by atoms with Gasteiger partial charge in [0, 0.05) is 6.92 Å². The molecular formula is C7H11NO4. The quantitative estimate of drug-likeness (QED) is 0.543. The molecule has 0 aromatic heterocycles. The Morgan fingerprint density at radius 1 is 1.58 bits per heavy atom. The molecule has 12 heavy (non-hydrogen) atoms. The first-order chi connectivity index (χ1) is 5.61. The molecule has 2 atom stereocenters. The van der Waals surface area contributed by atoms with Crippen molar-refractivity contribution in [1.29, 1.82) is 0 Å². The minimum Gasteiger partial charge on any atom is -0.480 e. The maximum Gasteiger partial charge on any atom is 0.324 e. The third-order valence-corrected chi connectivity index (χ3v) is 1.75. The number of carbonyl (C=O) groups excluding carboxylic acids is 1. The van der Waals surface area contributed by atoms with Crippen LogP contribution in [0.2, 0.25) is 0 Å². The Labute approximate surface area is 69.7 Å². The molecular weight excluding hydrogens is 162 g/mol. The van der Waals surface area contributed by atoms with Crippen molar-refractivity contribution in [2.75, 3.05) is 6.54 Å². The smallest absolute Gasteiger partial charge is 0.324 e. The Kier molecular flexibility index (Phi) is 2.65. The summed E-state index contributed by atoms with van der Waals surface area (Å²) in [6.45, 7) is 1.85. The van der Waals surface area contributed by atoms with Crippen LogP contribution in [0.5, 0.6) is 0 Å². The number of aliphatic carboxylic acids is 1. The molecule has 0 saturated carbocycles. The molecule has 68 valence electrons. The van der Waals surface area contributed by atoms with Gasteiger partial charge in [0.2, 0.25) is 0 Å². The first kappa shape index (κ1) is 8.99. The van der Waals surface area contributed by atoms with E-state index in [0.29, 0.717) is 13.0 Å². The maximum absolute atomic E-state index is 10.5. The zero-order valence-electron chi connectivity index (χ0n) is 6.74. The van der Waals surface area contributed by atoms with Gasteiger partial charge in [0.1, 0.15) is 12.1 Å². The van der Waals surface area contributed by atoms with Crippen LogP contribution in [0.1, 0.15) is 13.3 Å². The zero-order valence-corrected chi connectivity index (χ0v) is 6.74. The minimum atomic E-state index is -0.973. The van der Waals surface area contributed by atoms with Crippen molar-refractivity contribution in [2.24, 2.45) is 0 Å². The predicted octanol–water partition coefficient (Wildman–Crippen LogP) is -0.635. The topological polar surface area (TPSA) is 75.6 Å². The van der Waals surface area contributed by atoms with Crippen LogP contribution in [0.15, 0.2) is 0 Å². The second kappa shape index (κ2) is 3.53. The summed E-state index contributed by atoms with van der Waals surface area (Å²) in [4.78, 5) is 21.1. The van der Waals surface area contributed by atoms with Crippen LogP contribution in [0, 0.1) is 0 Å². The number of carboxylic acids is 1. The molecule has 0 aliphatic carbocycles. The monoisotopic (exact) mass is 173 g/mol. The number of carboxylic acid groups (broad SMARTS) is 1. The molecule has 1 aliphatic rings. The maximum atomic E-state index is 10.5. The number of esters is 1. The summed E-state index contributed by atoms with van der Waals surface area (Å²) in [5.74, 6) is -1.41. The van der Waals surface area contributed by atoms with Crippen LogP contribution in [0.3, 0.4) is 0 Å². The van der Waals surface area contributed by atoms with Gasteiger partial charge in [0.05, 0.1) is 0 Å². The lowest BCUT2D eigenvalue weighted by molar-refractivity contribution is -0.151. The van der Waals surface area contributed by atoms with Gasteiger partial charge < -0.3 is 15.2 Å². The normalized spacial score (nSPS) is 28.4. The fourth-order valence-corrected chi connectivity index (χ4v) is 1.27. The fraction of sp³-hybridized carbons (Fsp3) is 0.714. The summed E-state index contributed by atoms with van der Waals surface area (Å²) in [7, 11) is 0. The highest BCUT2D eigenvalue weighted by molar-refractivity contribution is 5.75. The molecule has 5 heteroatoms. The van der Waals surface area contributed by atoms with Crippen LogP contribution in [0.25, 0.3) is 0 Å². The van der Waals surface area contributed by atoms with Gasteiger partial charge in [-0.25, -0.2) is 0 Å². The highest BCUT2D eigenvalue weighted by Crippen LogP contribution is 2.11.